The Morgan fingerprint density at radius 3 is 3.06 bits per heavy atom. The number of hydrogen-bond donors (Lipinski definition) is 1. The summed E-state index contributed by atoms with van der Waals surface area (Å²) in [5, 5.41) is 4.02. The Balaban J connectivity index is 1.83. The van der Waals surface area contributed by atoms with Crippen LogP contribution in [-0.4, -0.2) is 26.2 Å². The van der Waals surface area contributed by atoms with Gasteiger partial charge in [0.15, 0.2) is 0 Å². The summed E-state index contributed by atoms with van der Waals surface area (Å²) >= 11 is 1.72. The fourth-order valence-electron chi connectivity index (χ4n) is 2.54. The molecule has 0 saturated heterocycles. The minimum atomic E-state index is -0.629. The first-order valence-corrected chi connectivity index (χ1v) is 8.96. The Labute approximate surface area is 116 Å². The van der Waals surface area contributed by atoms with Crippen LogP contribution in [0.25, 0.3) is 0 Å². The van der Waals surface area contributed by atoms with E-state index in [0.717, 1.165) is 30.8 Å². The van der Waals surface area contributed by atoms with Gasteiger partial charge in [-0.2, -0.15) is 0 Å². The number of hydrogen-bond acceptors (Lipinski definition) is 4. The molecule has 0 unspecified atom stereocenters. The lowest BCUT2D eigenvalue weighted by molar-refractivity contribution is 0.376. The van der Waals surface area contributed by atoms with Crippen LogP contribution in [0.4, 0.5) is 0 Å². The highest BCUT2D eigenvalue weighted by Gasteiger charge is 2.25. The molecule has 1 fully saturated rings. The van der Waals surface area contributed by atoms with Crippen molar-refractivity contribution in [1.82, 2.24) is 10.3 Å². The maximum atomic E-state index is 11.9. The lowest BCUT2D eigenvalue weighted by Crippen LogP contribution is -2.37. The molecule has 1 saturated carbocycles. The first kappa shape index (κ1) is 14.2. The van der Waals surface area contributed by atoms with Gasteiger partial charge in [0.1, 0.15) is 0 Å². The van der Waals surface area contributed by atoms with Crippen LogP contribution in [0.3, 0.4) is 0 Å². The first-order chi connectivity index (χ1) is 8.70. The summed E-state index contributed by atoms with van der Waals surface area (Å²) in [6, 6.07) is 0.528. The molecule has 0 aromatic carbocycles. The number of thiazole rings is 1. The number of aromatic nitrogens is 1. The van der Waals surface area contributed by atoms with Crippen LogP contribution in [0, 0.1) is 6.92 Å². The lowest BCUT2D eigenvalue weighted by atomic mass is 9.95. The monoisotopic (exact) mass is 286 g/mol. The Kier molecular flexibility index (Phi) is 5.33. The third-order valence-corrected chi connectivity index (χ3v) is 6.35. The first-order valence-electron chi connectivity index (χ1n) is 6.70. The van der Waals surface area contributed by atoms with E-state index in [2.05, 4.69) is 17.2 Å². The van der Waals surface area contributed by atoms with Crippen molar-refractivity contribution in [3.05, 3.63) is 16.1 Å². The van der Waals surface area contributed by atoms with Crippen molar-refractivity contribution in [2.45, 2.75) is 57.4 Å². The van der Waals surface area contributed by atoms with Crippen molar-refractivity contribution in [1.29, 1.82) is 0 Å². The van der Waals surface area contributed by atoms with E-state index in [4.69, 9.17) is 0 Å². The summed E-state index contributed by atoms with van der Waals surface area (Å²) < 4.78 is 11.9. The van der Waals surface area contributed by atoms with Gasteiger partial charge >= 0.3 is 0 Å². The summed E-state index contributed by atoms with van der Waals surface area (Å²) in [4.78, 5) is 5.59. The maximum Gasteiger partial charge on any atom is 0.0798 e. The van der Waals surface area contributed by atoms with Gasteiger partial charge in [-0.1, -0.05) is 13.3 Å². The van der Waals surface area contributed by atoms with Gasteiger partial charge in [-0.25, -0.2) is 4.98 Å². The maximum absolute atomic E-state index is 11.9. The topological polar surface area (TPSA) is 42.0 Å². The van der Waals surface area contributed by atoms with Crippen LogP contribution in [-0.2, 0) is 17.3 Å². The SMILES string of the molecule is CC[S@@](=O)[C@@H]1CCC[C@H](NCc2scnc2C)C1. The van der Waals surface area contributed by atoms with E-state index in [1.165, 1.54) is 17.7 Å². The minimum Gasteiger partial charge on any atom is -0.309 e. The Morgan fingerprint density at radius 1 is 1.56 bits per heavy atom. The second-order valence-electron chi connectivity index (χ2n) is 4.90. The van der Waals surface area contributed by atoms with E-state index in [-0.39, 0.29) is 0 Å². The zero-order chi connectivity index (χ0) is 13.0. The summed E-state index contributed by atoms with van der Waals surface area (Å²) in [6.45, 7) is 4.99. The van der Waals surface area contributed by atoms with E-state index in [0.29, 0.717) is 11.3 Å². The summed E-state index contributed by atoms with van der Waals surface area (Å²) in [7, 11) is -0.629. The molecule has 1 aromatic heterocycles. The summed E-state index contributed by atoms with van der Waals surface area (Å²) in [5.74, 6) is 0.797. The second-order valence-corrected chi connectivity index (χ2v) is 7.84. The largest absolute Gasteiger partial charge is 0.309 e. The van der Waals surface area contributed by atoms with Crippen LogP contribution in [0.2, 0.25) is 0 Å². The Hall–Kier alpha value is -0.260. The predicted molar refractivity (Wildman–Crippen MR) is 78.4 cm³/mol. The van der Waals surface area contributed by atoms with Crippen LogP contribution in [0.5, 0.6) is 0 Å². The van der Waals surface area contributed by atoms with Gasteiger partial charge in [-0.15, -0.1) is 11.3 Å². The molecule has 1 heterocycles. The summed E-state index contributed by atoms with van der Waals surface area (Å²) in [6.07, 6.45) is 4.63. The normalized spacial score (nSPS) is 26.1. The van der Waals surface area contributed by atoms with E-state index < -0.39 is 10.8 Å². The third kappa shape index (κ3) is 3.62. The van der Waals surface area contributed by atoms with E-state index >= 15 is 0 Å². The number of rotatable bonds is 5. The molecule has 2 rings (SSSR count). The van der Waals surface area contributed by atoms with E-state index in [1.807, 2.05) is 12.4 Å². The van der Waals surface area contributed by atoms with Crippen molar-refractivity contribution >= 4 is 22.1 Å². The van der Waals surface area contributed by atoms with Gasteiger partial charge in [0.05, 0.1) is 11.2 Å². The van der Waals surface area contributed by atoms with Gasteiger partial charge in [-0.3, -0.25) is 4.21 Å². The zero-order valence-corrected chi connectivity index (χ0v) is 12.8. The van der Waals surface area contributed by atoms with Crippen LogP contribution in [0.1, 0.15) is 43.2 Å². The standard InChI is InChI=1S/C13H22N2OS2/c1-3-18(16)12-6-4-5-11(7-12)14-8-13-10(2)15-9-17-13/h9,11-12,14H,3-8H2,1-2H3/t11-,12+,18+/m0/s1. The van der Waals surface area contributed by atoms with E-state index in [9.17, 15) is 4.21 Å². The Bertz CT molecular complexity index is 405. The molecule has 0 radical (unpaired) electrons. The third-order valence-electron chi connectivity index (χ3n) is 3.68. The lowest BCUT2D eigenvalue weighted by Gasteiger charge is -2.29. The molecular weight excluding hydrogens is 264 g/mol. The molecule has 0 amide bonds. The molecule has 1 aromatic rings. The molecular formula is C13H22N2OS2. The van der Waals surface area contributed by atoms with Gasteiger partial charge < -0.3 is 5.32 Å². The number of nitrogens with one attached hydrogen (secondary N) is 1. The number of aryl methyl sites for hydroxylation is 1. The van der Waals surface area contributed by atoms with Gasteiger partial charge in [-0.05, 0) is 26.2 Å². The van der Waals surface area contributed by atoms with Crippen molar-refractivity contribution in [2.24, 2.45) is 0 Å². The van der Waals surface area contributed by atoms with Crippen LogP contribution < -0.4 is 5.32 Å². The Morgan fingerprint density at radius 2 is 2.39 bits per heavy atom. The molecule has 3 atom stereocenters. The molecule has 3 nitrogen and oxygen atoms in total. The molecule has 18 heavy (non-hydrogen) atoms. The molecule has 0 spiro atoms. The fourth-order valence-corrected chi connectivity index (χ4v) is 4.61. The molecule has 1 N–H and O–H groups in total. The number of nitrogens with zero attached hydrogens (tertiary/aromatic N) is 1. The predicted octanol–water partition coefficient (Wildman–Crippen LogP) is 2.62. The van der Waals surface area contributed by atoms with Crippen molar-refractivity contribution in [2.75, 3.05) is 5.75 Å². The average Bonchev–Trinajstić information content (AvgIpc) is 2.81. The van der Waals surface area contributed by atoms with Gasteiger partial charge in [0.2, 0.25) is 0 Å². The average molecular weight is 286 g/mol. The molecule has 102 valence electrons. The van der Waals surface area contributed by atoms with Crippen LogP contribution >= 0.6 is 11.3 Å². The highest BCUT2D eigenvalue weighted by molar-refractivity contribution is 7.85. The zero-order valence-electron chi connectivity index (χ0n) is 11.1. The van der Waals surface area contributed by atoms with Gasteiger partial charge in [0.25, 0.3) is 0 Å². The molecule has 5 heteroatoms. The highest BCUT2D eigenvalue weighted by Crippen LogP contribution is 2.23. The smallest absolute Gasteiger partial charge is 0.0798 e. The van der Waals surface area contributed by atoms with E-state index in [1.54, 1.807) is 11.3 Å². The second kappa shape index (κ2) is 6.78. The summed E-state index contributed by atoms with van der Waals surface area (Å²) in [5.41, 5.74) is 3.04. The quantitative estimate of drug-likeness (QED) is 0.905. The fraction of sp³-hybridized carbons (Fsp3) is 0.769. The highest BCUT2D eigenvalue weighted by atomic mass is 32.2. The van der Waals surface area contributed by atoms with Crippen molar-refractivity contribution in [3.8, 4) is 0 Å². The molecule has 1 aliphatic rings. The van der Waals surface area contributed by atoms with Gasteiger partial charge in [0, 0.05) is 39.3 Å². The van der Waals surface area contributed by atoms with Crippen LogP contribution in [0.15, 0.2) is 5.51 Å². The molecule has 0 aliphatic heterocycles. The van der Waals surface area contributed by atoms with Crippen molar-refractivity contribution < 1.29 is 4.21 Å². The molecule has 0 bridgehead atoms. The minimum absolute atomic E-state index is 0.406. The van der Waals surface area contributed by atoms with Crippen molar-refractivity contribution in [3.63, 3.8) is 0 Å². The molecule has 1 aliphatic carbocycles.